The largest absolute Gasteiger partial charge is 0.497 e. The first-order valence-corrected chi connectivity index (χ1v) is 5.57. The van der Waals surface area contributed by atoms with Crippen molar-refractivity contribution in [3.63, 3.8) is 0 Å². The molecule has 18 heavy (non-hydrogen) atoms. The summed E-state index contributed by atoms with van der Waals surface area (Å²) < 4.78 is 12.1. The van der Waals surface area contributed by atoms with E-state index >= 15 is 0 Å². The van der Waals surface area contributed by atoms with E-state index in [1.807, 2.05) is 24.3 Å². The van der Waals surface area contributed by atoms with E-state index in [9.17, 15) is 4.79 Å². The lowest BCUT2D eigenvalue weighted by molar-refractivity contribution is 0.295. The Hall–Kier alpha value is -2.30. The van der Waals surface area contributed by atoms with Gasteiger partial charge >= 0.3 is 0 Å². The van der Waals surface area contributed by atoms with Crippen LogP contribution in [0.25, 0.3) is 0 Å². The van der Waals surface area contributed by atoms with Gasteiger partial charge in [0.1, 0.15) is 18.1 Å². The summed E-state index contributed by atoms with van der Waals surface area (Å²) in [6.07, 6.45) is 2.98. The van der Waals surface area contributed by atoms with Gasteiger partial charge in [-0.3, -0.25) is 9.36 Å². The van der Waals surface area contributed by atoms with Crippen LogP contribution < -0.4 is 15.0 Å². The fraction of sp³-hybridized carbons (Fsp3) is 0.231. The summed E-state index contributed by atoms with van der Waals surface area (Å²) in [4.78, 5) is 15.3. The lowest BCUT2D eigenvalue weighted by Gasteiger charge is -2.08. The summed E-state index contributed by atoms with van der Waals surface area (Å²) in [6.45, 7) is 0.886. The van der Waals surface area contributed by atoms with Crippen LogP contribution in [0.2, 0.25) is 0 Å². The molecule has 0 bridgehead atoms. The number of hydrogen-bond donors (Lipinski definition) is 0. The molecule has 0 aliphatic carbocycles. The fourth-order valence-electron chi connectivity index (χ4n) is 1.48. The Balaban J connectivity index is 1.88. The van der Waals surface area contributed by atoms with Gasteiger partial charge < -0.3 is 9.47 Å². The lowest BCUT2D eigenvalue weighted by atomic mass is 10.3. The van der Waals surface area contributed by atoms with Crippen LogP contribution in [0, 0.1) is 0 Å². The van der Waals surface area contributed by atoms with Gasteiger partial charge in [0.25, 0.3) is 5.56 Å². The number of benzene rings is 1. The minimum atomic E-state index is -0.0802. The van der Waals surface area contributed by atoms with E-state index in [4.69, 9.17) is 9.47 Å². The first-order valence-electron chi connectivity index (χ1n) is 5.57. The van der Waals surface area contributed by atoms with Crippen molar-refractivity contribution in [2.75, 3.05) is 13.7 Å². The molecule has 0 spiro atoms. The van der Waals surface area contributed by atoms with Crippen LogP contribution in [0.15, 0.2) is 47.7 Å². The SMILES string of the molecule is COc1ccc(OCCn2cnccc2=O)cc1. The van der Waals surface area contributed by atoms with Crippen LogP contribution in [-0.4, -0.2) is 23.3 Å². The zero-order valence-corrected chi connectivity index (χ0v) is 10.1. The third kappa shape index (κ3) is 3.10. The van der Waals surface area contributed by atoms with E-state index < -0.39 is 0 Å². The van der Waals surface area contributed by atoms with E-state index in [0.717, 1.165) is 11.5 Å². The number of rotatable bonds is 5. The van der Waals surface area contributed by atoms with E-state index in [-0.39, 0.29) is 5.56 Å². The van der Waals surface area contributed by atoms with Crippen LogP contribution in [-0.2, 0) is 6.54 Å². The molecule has 0 N–H and O–H groups in total. The molecule has 0 unspecified atom stereocenters. The molecule has 0 amide bonds. The quantitative estimate of drug-likeness (QED) is 0.798. The predicted octanol–water partition coefficient (Wildman–Crippen LogP) is 1.33. The third-order valence-electron chi connectivity index (χ3n) is 2.45. The topological polar surface area (TPSA) is 53.4 Å². The van der Waals surface area contributed by atoms with Gasteiger partial charge in [-0.05, 0) is 24.3 Å². The summed E-state index contributed by atoms with van der Waals surface area (Å²) in [7, 11) is 1.62. The number of methoxy groups -OCH3 is 1. The summed E-state index contributed by atoms with van der Waals surface area (Å²) >= 11 is 0. The fourth-order valence-corrected chi connectivity index (χ4v) is 1.48. The highest BCUT2D eigenvalue weighted by molar-refractivity contribution is 5.31. The first kappa shape index (κ1) is 12.2. The van der Waals surface area contributed by atoms with Gasteiger partial charge in [-0.2, -0.15) is 0 Å². The minimum Gasteiger partial charge on any atom is -0.497 e. The molecule has 1 aromatic carbocycles. The van der Waals surface area contributed by atoms with Crippen LogP contribution >= 0.6 is 0 Å². The molecule has 0 fully saturated rings. The molecule has 5 heteroatoms. The summed E-state index contributed by atoms with van der Waals surface area (Å²) in [5.41, 5.74) is -0.0802. The van der Waals surface area contributed by atoms with Gasteiger partial charge in [-0.15, -0.1) is 0 Å². The molecule has 1 aromatic heterocycles. The highest BCUT2D eigenvalue weighted by atomic mass is 16.5. The van der Waals surface area contributed by atoms with Gasteiger partial charge in [0.05, 0.1) is 20.0 Å². The Morgan fingerprint density at radius 2 is 1.89 bits per heavy atom. The van der Waals surface area contributed by atoms with Crippen LogP contribution in [0.4, 0.5) is 0 Å². The molecule has 5 nitrogen and oxygen atoms in total. The van der Waals surface area contributed by atoms with E-state index in [1.54, 1.807) is 7.11 Å². The van der Waals surface area contributed by atoms with Gasteiger partial charge in [0, 0.05) is 12.3 Å². The summed E-state index contributed by atoms with van der Waals surface area (Å²) in [6, 6.07) is 8.72. The molecule has 0 aliphatic heterocycles. The molecule has 1 heterocycles. The molecule has 0 saturated carbocycles. The van der Waals surface area contributed by atoms with Gasteiger partial charge in [0.15, 0.2) is 0 Å². The Morgan fingerprint density at radius 3 is 2.56 bits per heavy atom. The van der Waals surface area contributed by atoms with E-state index in [0.29, 0.717) is 13.2 Å². The van der Waals surface area contributed by atoms with Crippen LogP contribution in [0.5, 0.6) is 11.5 Å². The molecule has 2 aromatic rings. The molecule has 0 atom stereocenters. The third-order valence-corrected chi connectivity index (χ3v) is 2.45. The van der Waals surface area contributed by atoms with Crippen molar-refractivity contribution >= 4 is 0 Å². The molecular formula is C13H14N2O3. The summed E-state index contributed by atoms with van der Waals surface area (Å²) in [5.74, 6) is 1.53. The van der Waals surface area contributed by atoms with Crippen molar-refractivity contribution in [3.8, 4) is 11.5 Å². The number of aromatic nitrogens is 2. The predicted molar refractivity (Wildman–Crippen MR) is 67.0 cm³/mol. The van der Waals surface area contributed by atoms with Gasteiger partial charge in [0.2, 0.25) is 0 Å². The van der Waals surface area contributed by atoms with Crippen molar-refractivity contribution in [1.29, 1.82) is 0 Å². The Bertz CT molecular complexity index is 549. The second-order valence-electron chi connectivity index (χ2n) is 3.64. The molecule has 0 aliphatic rings. The lowest BCUT2D eigenvalue weighted by Crippen LogP contribution is -2.22. The maximum atomic E-state index is 11.4. The highest BCUT2D eigenvalue weighted by Crippen LogP contribution is 2.16. The second kappa shape index (κ2) is 5.86. The van der Waals surface area contributed by atoms with Gasteiger partial charge in [-0.1, -0.05) is 0 Å². The van der Waals surface area contributed by atoms with Crippen molar-refractivity contribution in [1.82, 2.24) is 9.55 Å². The maximum Gasteiger partial charge on any atom is 0.253 e. The molecule has 0 saturated heterocycles. The van der Waals surface area contributed by atoms with Crippen molar-refractivity contribution < 1.29 is 9.47 Å². The number of nitrogens with zero attached hydrogens (tertiary/aromatic N) is 2. The average molecular weight is 246 g/mol. The normalized spacial score (nSPS) is 10.1. The van der Waals surface area contributed by atoms with Gasteiger partial charge in [-0.25, -0.2) is 4.98 Å². The minimum absolute atomic E-state index is 0.0802. The molecule has 0 radical (unpaired) electrons. The van der Waals surface area contributed by atoms with Crippen molar-refractivity contribution in [2.45, 2.75) is 6.54 Å². The standard InChI is InChI=1S/C13H14N2O3/c1-17-11-2-4-12(5-3-11)18-9-8-15-10-14-7-6-13(15)16/h2-7,10H,8-9H2,1H3. The Kier molecular flexibility index (Phi) is 3.96. The summed E-state index contributed by atoms with van der Waals surface area (Å²) in [5, 5.41) is 0. The molecule has 94 valence electrons. The zero-order valence-electron chi connectivity index (χ0n) is 10.1. The molecular weight excluding hydrogens is 232 g/mol. The zero-order chi connectivity index (χ0) is 12.8. The Morgan fingerprint density at radius 1 is 1.17 bits per heavy atom. The molecule has 2 rings (SSSR count). The van der Waals surface area contributed by atoms with E-state index in [1.165, 1.54) is 23.2 Å². The monoisotopic (exact) mass is 246 g/mol. The average Bonchev–Trinajstić information content (AvgIpc) is 2.42. The van der Waals surface area contributed by atoms with Crippen LogP contribution in [0.3, 0.4) is 0 Å². The number of hydrogen-bond acceptors (Lipinski definition) is 4. The van der Waals surface area contributed by atoms with Crippen molar-refractivity contribution in [3.05, 3.63) is 53.2 Å². The van der Waals surface area contributed by atoms with Crippen molar-refractivity contribution in [2.24, 2.45) is 0 Å². The van der Waals surface area contributed by atoms with Crippen LogP contribution in [0.1, 0.15) is 0 Å². The second-order valence-corrected chi connectivity index (χ2v) is 3.64. The number of ether oxygens (including phenoxy) is 2. The highest BCUT2D eigenvalue weighted by Gasteiger charge is 1.97. The smallest absolute Gasteiger partial charge is 0.253 e. The maximum absolute atomic E-state index is 11.4. The Labute approximate surface area is 105 Å². The van der Waals surface area contributed by atoms with E-state index in [2.05, 4.69) is 4.98 Å². The first-order chi connectivity index (χ1) is 8.79.